The Kier molecular flexibility index (Phi) is 4.68. The van der Waals surface area contributed by atoms with Gasteiger partial charge in [-0.15, -0.1) is 0 Å². The number of ether oxygens (including phenoxy) is 1. The fraction of sp³-hybridized carbons (Fsp3) is 0.250. The minimum Gasteiger partial charge on any atom is -0.457 e. The highest BCUT2D eigenvalue weighted by Crippen LogP contribution is 2.30. The molecule has 0 aliphatic carbocycles. The normalized spacial score (nSPS) is 12.1. The molecule has 1 atom stereocenters. The molecule has 3 nitrogen and oxygen atoms in total. The van der Waals surface area contributed by atoms with Crippen molar-refractivity contribution in [2.75, 3.05) is 19.0 Å². The van der Waals surface area contributed by atoms with Crippen molar-refractivity contribution in [2.24, 2.45) is 5.73 Å². The van der Waals surface area contributed by atoms with Crippen LogP contribution in [-0.4, -0.2) is 14.1 Å². The van der Waals surface area contributed by atoms with Gasteiger partial charge in [0.05, 0.1) is 0 Å². The lowest BCUT2D eigenvalue weighted by atomic mass is 10.1. The molecule has 106 valence electrons. The second kappa shape index (κ2) is 6.29. The van der Waals surface area contributed by atoms with E-state index in [1.807, 2.05) is 68.4 Å². The molecule has 0 spiro atoms. The van der Waals surface area contributed by atoms with Crippen LogP contribution in [0.1, 0.15) is 18.5 Å². The van der Waals surface area contributed by atoms with Crippen molar-refractivity contribution in [1.29, 1.82) is 0 Å². The molecular formula is C16H19BrN2O. The number of hydrogen-bond donors (Lipinski definition) is 1. The summed E-state index contributed by atoms with van der Waals surface area (Å²) in [6.45, 7) is 1.96. The van der Waals surface area contributed by atoms with Gasteiger partial charge in [0.15, 0.2) is 0 Å². The van der Waals surface area contributed by atoms with E-state index in [2.05, 4.69) is 15.9 Å². The third-order valence-electron chi connectivity index (χ3n) is 3.03. The van der Waals surface area contributed by atoms with Crippen molar-refractivity contribution >= 4 is 21.6 Å². The van der Waals surface area contributed by atoms with Gasteiger partial charge in [0, 0.05) is 36.4 Å². The summed E-state index contributed by atoms with van der Waals surface area (Å²) in [5, 5.41) is 0. The number of rotatable bonds is 4. The highest BCUT2D eigenvalue weighted by atomic mass is 79.9. The molecule has 0 amide bonds. The third kappa shape index (κ3) is 3.52. The number of halogens is 1. The second-order valence-corrected chi connectivity index (χ2v) is 5.82. The largest absolute Gasteiger partial charge is 0.457 e. The van der Waals surface area contributed by atoms with Gasteiger partial charge >= 0.3 is 0 Å². The van der Waals surface area contributed by atoms with Crippen molar-refractivity contribution in [3.8, 4) is 11.5 Å². The first kappa shape index (κ1) is 14.9. The maximum Gasteiger partial charge on any atom is 0.129 e. The summed E-state index contributed by atoms with van der Waals surface area (Å²) in [7, 11) is 4.01. The van der Waals surface area contributed by atoms with Gasteiger partial charge in [-0.1, -0.05) is 28.1 Å². The number of hydrogen-bond acceptors (Lipinski definition) is 3. The van der Waals surface area contributed by atoms with Gasteiger partial charge in [0.25, 0.3) is 0 Å². The Morgan fingerprint density at radius 2 is 1.80 bits per heavy atom. The van der Waals surface area contributed by atoms with Crippen molar-refractivity contribution in [2.45, 2.75) is 13.0 Å². The quantitative estimate of drug-likeness (QED) is 0.904. The molecule has 0 bridgehead atoms. The van der Waals surface area contributed by atoms with E-state index in [0.29, 0.717) is 0 Å². The number of nitrogens with two attached hydrogens (primary N) is 1. The fourth-order valence-electron chi connectivity index (χ4n) is 1.90. The average Bonchev–Trinajstić information content (AvgIpc) is 2.38. The topological polar surface area (TPSA) is 38.5 Å². The summed E-state index contributed by atoms with van der Waals surface area (Å²) < 4.78 is 6.85. The zero-order valence-electron chi connectivity index (χ0n) is 11.9. The molecule has 0 fully saturated rings. The van der Waals surface area contributed by atoms with Gasteiger partial charge in [0.2, 0.25) is 0 Å². The second-order valence-electron chi connectivity index (χ2n) is 4.97. The standard InChI is InChI=1S/C16H19BrN2O/c1-11(18)15-8-7-14(10-16(15)17)20-13-6-4-5-12(9-13)19(2)3/h4-11H,18H2,1-3H3. The van der Waals surface area contributed by atoms with Crippen LogP contribution < -0.4 is 15.4 Å². The number of nitrogens with zero attached hydrogens (tertiary/aromatic N) is 1. The smallest absolute Gasteiger partial charge is 0.129 e. The maximum atomic E-state index is 5.89. The molecule has 0 radical (unpaired) electrons. The lowest BCUT2D eigenvalue weighted by molar-refractivity contribution is 0.482. The number of anilines is 1. The molecule has 2 rings (SSSR count). The van der Waals surface area contributed by atoms with E-state index in [0.717, 1.165) is 27.2 Å². The molecule has 1 unspecified atom stereocenters. The molecule has 2 aromatic carbocycles. The summed E-state index contributed by atoms with van der Waals surface area (Å²) in [6, 6.07) is 13.8. The molecule has 0 saturated heterocycles. The van der Waals surface area contributed by atoms with Gasteiger partial charge < -0.3 is 15.4 Å². The van der Waals surface area contributed by atoms with Crippen LogP contribution >= 0.6 is 15.9 Å². The van der Waals surface area contributed by atoms with Crippen molar-refractivity contribution in [3.63, 3.8) is 0 Å². The van der Waals surface area contributed by atoms with Crippen LogP contribution in [0.5, 0.6) is 11.5 Å². The lowest BCUT2D eigenvalue weighted by Crippen LogP contribution is -2.08. The first-order valence-electron chi connectivity index (χ1n) is 6.47. The maximum absolute atomic E-state index is 5.89. The summed E-state index contributed by atoms with van der Waals surface area (Å²) in [5.41, 5.74) is 8.07. The van der Waals surface area contributed by atoms with Crippen LogP contribution in [0.25, 0.3) is 0 Å². The molecule has 0 saturated carbocycles. The number of benzene rings is 2. The van der Waals surface area contributed by atoms with Gasteiger partial charge in [-0.2, -0.15) is 0 Å². The van der Waals surface area contributed by atoms with E-state index in [1.54, 1.807) is 0 Å². The van der Waals surface area contributed by atoms with Gasteiger partial charge in [-0.25, -0.2) is 0 Å². The Morgan fingerprint density at radius 3 is 2.40 bits per heavy atom. The van der Waals surface area contributed by atoms with E-state index in [9.17, 15) is 0 Å². The Hall–Kier alpha value is -1.52. The first-order valence-corrected chi connectivity index (χ1v) is 7.27. The molecule has 0 heterocycles. The minimum absolute atomic E-state index is 0.00417. The van der Waals surface area contributed by atoms with Gasteiger partial charge in [-0.3, -0.25) is 0 Å². The molecule has 0 aromatic heterocycles. The van der Waals surface area contributed by atoms with Crippen molar-refractivity contribution < 1.29 is 4.74 Å². The summed E-state index contributed by atoms with van der Waals surface area (Å²) in [6.07, 6.45) is 0. The molecule has 0 aliphatic rings. The molecule has 20 heavy (non-hydrogen) atoms. The monoisotopic (exact) mass is 334 g/mol. The van der Waals surface area contributed by atoms with Crippen LogP contribution in [0.2, 0.25) is 0 Å². The molecule has 2 N–H and O–H groups in total. The van der Waals surface area contributed by atoms with Gasteiger partial charge in [-0.05, 0) is 36.8 Å². The van der Waals surface area contributed by atoms with Crippen LogP contribution in [0.4, 0.5) is 5.69 Å². The molecular weight excluding hydrogens is 316 g/mol. The Bertz CT molecular complexity index is 597. The van der Waals surface area contributed by atoms with Crippen LogP contribution in [0.3, 0.4) is 0 Å². The van der Waals surface area contributed by atoms with Crippen LogP contribution in [0, 0.1) is 0 Å². The van der Waals surface area contributed by atoms with E-state index in [-0.39, 0.29) is 6.04 Å². The molecule has 0 aliphatic heterocycles. The SMILES string of the molecule is CC(N)c1ccc(Oc2cccc(N(C)C)c2)cc1Br. The van der Waals surface area contributed by atoms with E-state index >= 15 is 0 Å². The minimum atomic E-state index is -0.00417. The summed E-state index contributed by atoms with van der Waals surface area (Å²) >= 11 is 3.53. The van der Waals surface area contributed by atoms with Crippen molar-refractivity contribution in [1.82, 2.24) is 0 Å². The zero-order chi connectivity index (χ0) is 14.7. The Labute approximate surface area is 128 Å². The van der Waals surface area contributed by atoms with Gasteiger partial charge in [0.1, 0.15) is 11.5 Å². The highest BCUT2D eigenvalue weighted by Gasteiger charge is 2.07. The van der Waals surface area contributed by atoms with Crippen LogP contribution in [-0.2, 0) is 0 Å². The van der Waals surface area contributed by atoms with E-state index in [4.69, 9.17) is 10.5 Å². The highest BCUT2D eigenvalue weighted by molar-refractivity contribution is 9.10. The predicted octanol–water partition coefficient (Wildman–Crippen LogP) is 4.33. The van der Waals surface area contributed by atoms with E-state index < -0.39 is 0 Å². The average molecular weight is 335 g/mol. The Morgan fingerprint density at radius 1 is 1.10 bits per heavy atom. The van der Waals surface area contributed by atoms with E-state index in [1.165, 1.54) is 0 Å². The lowest BCUT2D eigenvalue weighted by Gasteiger charge is -2.15. The Balaban J connectivity index is 2.22. The molecule has 4 heteroatoms. The summed E-state index contributed by atoms with van der Waals surface area (Å²) in [4.78, 5) is 2.04. The zero-order valence-corrected chi connectivity index (χ0v) is 13.5. The molecule has 2 aromatic rings. The predicted molar refractivity (Wildman–Crippen MR) is 87.6 cm³/mol. The van der Waals surface area contributed by atoms with Crippen molar-refractivity contribution in [3.05, 3.63) is 52.5 Å². The first-order chi connectivity index (χ1) is 9.47. The fourth-order valence-corrected chi connectivity index (χ4v) is 2.62. The summed E-state index contributed by atoms with van der Waals surface area (Å²) in [5.74, 6) is 1.61. The van der Waals surface area contributed by atoms with Crippen LogP contribution in [0.15, 0.2) is 46.9 Å². The third-order valence-corrected chi connectivity index (χ3v) is 3.72.